The summed E-state index contributed by atoms with van der Waals surface area (Å²) >= 11 is 1.52. The largest absolute Gasteiger partial charge is 0.496 e. The highest BCUT2D eigenvalue weighted by atomic mass is 32.1. The van der Waals surface area contributed by atoms with E-state index in [1.807, 2.05) is 26.2 Å². The number of hydrogen-bond acceptors (Lipinski definition) is 3. The Hall–Kier alpha value is -0.905. The maximum atomic E-state index is 13.6. The van der Waals surface area contributed by atoms with Crippen LogP contribution in [0.4, 0.5) is 4.39 Å². The third kappa shape index (κ3) is 1.78. The van der Waals surface area contributed by atoms with Crippen molar-refractivity contribution in [1.82, 2.24) is 0 Å². The Balaban J connectivity index is 2.06. The van der Waals surface area contributed by atoms with Crippen molar-refractivity contribution in [3.8, 4) is 0 Å². The van der Waals surface area contributed by atoms with Crippen LogP contribution in [0.15, 0.2) is 23.6 Å². The molecule has 0 spiro atoms. The molecule has 1 fully saturated rings. The molecular formula is C13H14BFO2S. The zero-order valence-electron chi connectivity index (χ0n) is 10.6. The summed E-state index contributed by atoms with van der Waals surface area (Å²) in [6.07, 6.45) is 0.0163. The summed E-state index contributed by atoms with van der Waals surface area (Å²) in [6, 6.07) is 5.03. The summed E-state index contributed by atoms with van der Waals surface area (Å²) in [5.41, 5.74) is 0.599. The summed E-state index contributed by atoms with van der Waals surface area (Å²) < 4.78 is 26.3. The van der Waals surface area contributed by atoms with Gasteiger partial charge >= 0.3 is 7.12 Å². The van der Waals surface area contributed by atoms with Crippen LogP contribution in [-0.2, 0) is 9.31 Å². The van der Waals surface area contributed by atoms with Gasteiger partial charge in [-0.05, 0) is 38.3 Å². The Morgan fingerprint density at radius 3 is 2.78 bits per heavy atom. The van der Waals surface area contributed by atoms with E-state index < -0.39 is 7.12 Å². The van der Waals surface area contributed by atoms with Gasteiger partial charge in [0, 0.05) is 15.5 Å². The van der Waals surface area contributed by atoms with Gasteiger partial charge in [0.05, 0.1) is 11.7 Å². The van der Waals surface area contributed by atoms with Crippen molar-refractivity contribution in [2.45, 2.75) is 32.5 Å². The van der Waals surface area contributed by atoms with Crippen molar-refractivity contribution >= 4 is 34.0 Å². The Kier molecular flexibility index (Phi) is 2.73. The van der Waals surface area contributed by atoms with Crippen molar-refractivity contribution in [3.63, 3.8) is 0 Å². The molecule has 3 rings (SSSR count). The third-order valence-electron chi connectivity index (χ3n) is 3.57. The minimum absolute atomic E-state index is 0.0163. The zero-order chi connectivity index (χ0) is 12.9. The first-order chi connectivity index (χ1) is 8.49. The lowest BCUT2D eigenvalue weighted by Crippen LogP contribution is -2.35. The van der Waals surface area contributed by atoms with Gasteiger partial charge in [-0.25, -0.2) is 4.39 Å². The molecule has 0 aliphatic carbocycles. The minimum atomic E-state index is -0.406. The van der Waals surface area contributed by atoms with Crippen LogP contribution in [-0.4, -0.2) is 18.8 Å². The first-order valence-electron chi connectivity index (χ1n) is 5.98. The number of thiophene rings is 1. The van der Waals surface area contributed by atoms with Crippen molar-refractivity contribution in [2.75, 3.05) is 0 Å². The summed E-state index contributed by atoms with van der Waals surface area (Å²) in [5, 5.41) is 2.53. The van der Waals surface area contributed by atoms with E-state index in [0.717, 1.165) is 10.2 Å². The maximum absolute atomic E-state index is 13.6. The van der Waals surface area contributed by atoms with Gasteiger partial charge in [-0.3, -0.25) is 0 Å². The van der Waals surface area contributed by atoms with Crippen LogP contribution in [0, 0.1) is 5.82 Å². The van der Waals surface area contributed by atoms with Gasteiger partial charge in [0.2, 0.25) is 0 Å². The number of fused-ring (bicyclic) bond motifs is 1. The van der Waals surface area contributed by atoms with Crippen LogP contribution in [0.25, 0.3) is 10.1 Å². The van der Waals surface area contributed by atoms with Crippen LogP contribution < -0.4 is 5.46 Å². The average molecular weight is 264 g/mol. The van der Waals surface area contributed by atoms with Crippen molar-refractivity contribution in [1.29, 1.82) is 0 Å². The van der Waals surface area contributed by atoms with E-state index in [1.54, 1.807) is 12.1 Å². The molecule has 2 nitrogen and oxygen atoms in total. The molecule has 2 heterocycles. The van der Waals surface area contributed by atoms with Crippen LogP contribution in [0.5, 0.6) is 0 Å². The quantitative estimate of drug-likeness (QED) is 0.737. The lowest BCUT2D eigenvalue weighted by Gasteiger charge is -2.21. The molecule has 1 aromatic heterocycles. The van der Waals surface area contributed by atoms with Gasteiger partial charge < -0.3 is 9.31 Å². The normalized spacial score (nSPS) is 22.9. The van der Waals surface area contributed by atoms with Crippen molar-refractivity contribution in [3.05, 3.63) is 29.4 Å². The van der Waals surface area contributed by atoms with E-state index >= 15 is 0 Å². The van der Waals surface area contributed by atoms with Gasteiger partial charge in [-0.1, -0.05) is 6.07 Å². The highest BCUT2D eigenvalue weighted by molar-refractivity contribution is 7.18. The van der Waals surface area contributed by atoms with E-state index in [9.17, 15) is 4.39 Å². The standard InChI is InChI=1S/C13H14BFO2S/c1-8-13(2,3)17-14(16-8)10-4-5-11(15)9-6-7-18-12(9)10/h4-8H,1-3H3. The molecule has 1 aromatic carbocycles. The van der Waals surface area contributed by atoms with Gasteiger partial charge in [0.1, 0.15) is 5.82 Å². The van der Waals surface area contributed by atoms with Crippen LogP contribution in [0.1, 0.15) is 20.8 Å². The summed E-state index contributed by atoms with van der Waals surface area (Å²) in [7, 11) is -0.406. The predicted octanol–water partition coefficient (Wildman–Crippen LogP) is 2.95. The lowest BCUT2D eigenvalue weighted by atomic mass is 9.78. The SMILES string of the molecule is CC1OB(c2ccc(F)c3ccsc23)OC1(C)C. The Morgan fingerprint density at radius 1 is 1.33 bits per heavy atom. The Bertz CT molecular complexity index is 596. The number of rotatable bonds is 1. The molecule has 1 aliphatic rings. The van der Waals surface area contributed by atoms with Crippen LogP contribution in [0.2, 0.25) is 0 Å². The fourth-order valence-corrected chi connectivity index (χ4v) is 3.05. The maximum Gasteiger partial charge on any atom is 0.496 e. The van der Waals surface area contributed by atoms with E-state index in [1.165, 1.54) is 17.4 Å². The monoisotopic (exact) mass is 264 g/mol. The number of benzene rings is 1. The second-order valence-corrected chi connectivity index (χ2v) is 6.05. The molecule has 1 unspecified atom stereocenters. The second-order valence-electron chi connectivity index (χ2n) is 5.13. The molecular weight excluding hydrogens is 250 g/mol. The van der Waals surface area contributed by atoms with E-state index in [2.05, 4.69) is 0 Å². The molecule has 18 heavy (non-hydrogen) atoms. The molecule has 2 aromatic rings. The smallest absolute Gasteiger partial charge is 0.402 e. The van der Waals surface area contributed by atoms with E-state index in [0.29, 0.717) is 5.39 Å². The topological polar surface area (TPSA) is 18.5 Å². The molecule has 0 saturated carbocycles. The van der Waals surface area contributed by atoms with E-state index in [-0.39, 0.29) is 17.5 Å². The average Bonchev–Trinajstić information content (AvgIpc) is 2.86. The molecule has 0 amide bonds. The molecule has 0 N–H and O–H groups in total. The highest BCUT2D eigenvalue weighted by Gasteiger charge is 2.44. The fraction of sp³-hybridized carbons (Fsp3) is 0.385. The highest BCUT2D eigenvalue weighted by Crippen LogP contribution is 2.29. The molecule has 0 radical (unpaired) electrons. The minimum Gasteiger partial charge on any atom is -0.402 e. The summed E-state index contributed by atoms with van der Waals surface area (Å²) in [6.45, 7) is 6.01. The first kappa shape index (κ1) is 12.1. The molecule has 5 heteroatoms. The molecule has 0 bridgehead atoms. The first-order valence-corrected chi connectivity index (χ1v) is 6.86. The van der Waals surface area contributed by atoms with Gasteiger partial charge in [0.15, 0.2) is 0 Å². The number of hydrogen-bond donors (Lipinski definition) is 0. The van der Waals surface area contributed by atoms with E-state index in [4.69, 9.17) is 9.31 Å². The fourth-order valence-electron chi connectivity index (χ4n) is 2.12. The van der Waals surface area contributed by atoms with Crippen molar-refractivity contribution in [2.24, 2.45) is 0 Å². The molecule has 94 valence electrons. The summed E-state index contributed by atoms with van der Waals surface area (Å²) in [4.78, 5) is 0. The van der Waals surface area contributed by atoms with Gasteiger partial charge in [-0.15, -0.1) is 11.3 Å². The van der Waals surface area contributed by atoms with Crippen LogP contribution in [0.3, 0.4) is 0 Å². The Labute approximate surface area is 110 Å². The predicted molar refractivity (Wildman–Crippen MR) is 72.9 cm³/mol. The Morgan fingerprint density at radius 2 is 2.11 bits per heavy atom. The lowest BCUT2D eigenvalue weighted by molar-refractivity contribution is 0.0842. The van der Waals surface area contributed by atoms with Crippen LogP contribution >= 0.6 is 11.3 Å². The van der Waals surface area contributed by atoms with Gasteiger partial charge in [-0.2, -0.15) is 0 Å². The second kappa shape index (κ2) is 4.05. The zero-order valence-corrected chi connectivity index (χ0v) is 11.4. The molecule has 1 aliphatic heterocycles. The summed E-state index contributed by atoms with van der Waals surface area (Å²) in [5.74, 6) is -0.194. The third-order valence-corrected chi connectivity index (χ3v) is 4.53. The van der Waals surface area contributed by atoms with Gasteiger partial charge in [0.25, 0.3) is 0 Å². The van der Waals surface area contributed by atoms with Crippen molar-refractivity contribution < 1.29 is 13.7 Å². The molecule has 1 saturated heterocycles. The molecule has 1 atom stereocenters. The number of halogens is 1.